The van der Waals surface area contributed by atoms with Crippen LogP contribution in [0, 0.1) is 5.82 Å². The predicted octanol–water partition coefficient (Wildman–Crippen LogP) is 1.17. The van der Waals surface area contributed by atoms with Crippen LogP contribution in [-0.4, -0.2) is 43.3 Å². The van der Waals surface area contributed by atoms with Gasteiger partial charge in [-0.25, -0.2) is 4.39 Å². The van der Waals surface area contributed by atoms with Gasteiger partial charge >= 0.3 is 0 Å². The number of carbonyl (C=O) groups is 2. The second-order valence-electron chi connectivity index (χ2n) is 6.90. The average Bonchev–Trinajstić information content (AvgIpc) is 3.20. The van der Waals surface area contributed by atoms with Gasteiger partial charge in [0.2, 0.25) is 5.91 Å². The van der Waals surface area contributed by atoms with Crippen LogP contribution in [0.15, 0.2) is 47.5 Å². The first-order chi connectivity index (χ1) is 14.4. The molecule has 158 valence electrons. The number of amides is 2. The molecular weight excluding hydrogens is 391 g/mol. The summed E-state index contributed by atoms with van der Waals surface area (Å²) in [6.45, 7) is 0.304. The van der Waals surface area contributed by atoms with Gasteiger partial charge in [0.05, 0.1) is 6.61 Å². The number of hydrogen-bond acceptors (Lipinski definition) is 6. The molecule has 1 unspecified atom stereocenters. The lowest BCUT2D eigenvalue weighted by atomic mass is 9.96. The number of carbonyl (C=O) groups excluding carboxylic acids is 2. The number of ether oxygens (including phenoxy) is 2. The van der Waals surface area contributed by atoms with Crippen LogP contribution >= 0.6 is 0 Å². The van der Waals surface area contributed by atoms with Crippen LogP contribution < -0.4 is 21.5 Å². The molecule has 1 aliphatic heterocycles. The monoisotopic (exact) mass is 414 g/mol. The smallest absolute Gasteiger partial charge is 0.271 e. The Labute approximate surface area is 173 Å². The summed E-state index contributed by atoms with van der Waals surface area (Å²) in [5.41, 5.74) is 11.2. The third-order valence-corrected chi connectivity index (χ3v) is 4.92. The van der Waals surface area contributed by atoms with Crippen molar-refractivity contribution in [1.82, 2.24) is 5.32 Å². The minimum absolute atomic E-state index is 0.00293. The Bertz CT molecular complexity index is 987. The van der Waals surface area contributed by atoms with Crippen LogP contribution in [0.25, 0.3) is 0 Å². The fourth-order valence-electron chi connectivity index (χ4n) is 3.15. The lowest BCUT2D eigenvalue weighted by Crippen LogP contribution is -2.59. The van der Waals surface area contributed by atoms with Gasteiger partial charge in [-0.05, 0) is 24.3 Å². The molecule has 2 amide bonds. The van der Waals surface area contributed by atoms with Crippen molar-refractivity contribution >= 4 is 23.2 Å². The van der Waals surface area contributed by atoms with Crippen LogP contribution in [0.5, 0.6) is 5.75 Å². The first-order valence-corrected chi connectivity index (χ1v) is 9.29. The fourth-order valence-corrected chi connectivity index (χ4v) is 3.15. The molecular formula is C21H23FN4O4. The summed E-state index contributed by atoms with van der Waals surface area (Å²) in [4.78, 5) is 28.8. The molecule has 3 rings (SSSR count). The van der Waals surface area contributed by atoms with Crippen molar-refractivity contribution in [2.24, 2.45) is 10.7 Å². The molecule has 0 bridgehead atoms. The summed E-state index contributed by atoms with van der Waals surface area (Å²) in [5.74, 6) is -1.29. The van der Waals surface area contributed by atoms with Crippen molar-refractivity contribution < 1.29 is 23.5 Å². The van der Waals surface area contributed by atoms with Gasteiger partial charge in [0.15, 0.2) is 0 Å². The van der Waals surface area contributed by atoms with Gasteiger partial charge in [-0.15, -0.1) is 0 Å². The van der Waals surface area contributed by atoms with E-state index in [0.717, 1.165) is 0 Å². The van der Waals surface area contributed by atoms with E-state index in [0.29, 0.717) is 29.2 Å². The highest BCUT2D eigenvalue weighted by Gasteiger charge is 2.43. The van der Waals surface area contributed by atoms with Gasteiger partial charge in [0.25, 0.3) is 5.91 Å². The van der Waals surface area contributed by atoms with Crippen molar-refractivity contribution in [3.05, 3.63) is 59.4 Å². The molecule has 30 heavy (non-hydrogen) atoms. The predicted molar refractivity (Wildman–Crippen MR) is 110 cm³/mol. The lowest BCUT2D eigenvalue weighted by Gasteiger charge is -2.25. The van der Waals surface area contributed by atoms with Crippen molar-refractivity contribution in [2.45, 2.75) is 18.6 Å². The molecule has 1 saturated heterocycles. The summed E-state index contributed by atoms with van der Waals surface area (Å²) in [5, 5.41) is 2.64. The molecule has 1 atom stereocenters. The molecule has 2 aromatic rings. The van der Waals surface area contributed by atoms with Gasteiger partial charge in [-0.2, -0.15) is 0 Å². The zero-order chi connectivity index (χ0) is 21.7. The Morgan fingerprint density at radius 1 is 1.30 bits per heavy atom. The Balaban J connectivity index is 1.80. The van der Waals surface area contributed by atoms with Gasteiger partial charge < -0.3 is 26.3 Å². The molecule has 1 heterocycles. The summed E-state index contributed by atoms with van der Waals surface area (Å²) >= 11 is 0. The zero-order valence-electron chi connectivity index (χ0n) is 16.5. The molecule has 0 radical (unpaired) electrons. The first-order valence-electron chi connectivity index (χ1n) is 9.29. The number of benzene rings is 2. The van der Waals surface area contributed by atoms with Crippen molar-refractivity contribution in [2.75, 3.05) is 26.0 Å². The minimum atomic E-state index is -1.29. The fraction of sp³-hybridized carbons (Fsp3) is 0.286. The van der Waals surface area contributed by atoms with Gasteiger partial charge in [0.1, 0.15) is 29.4 Å². The molecule has 0 aliphatic carbocycles. The quantitative estimate of drug-likeness (QED) is 0.463. The third-order valence-electron chi connectivity index (χ3n) is 4.92. The van der Waals surface area contributed by atoms with E-state index in [1.165, 1.54) is 13.1 Å². The molecule has 2 aromatic carbocycles. The third kappa shape index (κ3) is 4.41. The SMILES string of the molecule is CN=C(C(=O)NC1(C(N)=O)CCOC1)c1cc(OCc2ccccc2F)ccc1N. The Morgan fingerprint density at radius 3 is 2.70 bits per heavy atom. The van der Waals surface area contributed by atoms with E-state index in [1.54, 1.807) is 36.4 Å². The van der Waals surface area contributed by atoms with E-state index in [1.807, 2.05) is 0 Å². The van der Waals surface area contributed by atoms with Crippen LogP contribution in [0.3, 0.4) is 0 Å². The van der Waals surface area contributed by atoms with Crippen LogP contribution in [0.2, 0.25) is 0 Å². The van der Waals surface area contributed by atoms with Crippen LogP contribution in [0.4, 0.5) is 10.1 Å². The normalized spacial score (nSPS) is 18.8. The van der Waals surface area contributed by atoms with E-state index < -0.39 is 17.4 Å². The molecule has 1 aliphatic rings. The topological polar surface area (TPSA) is 129 Å². The molecule has 0 aromatic heterocycles. The lowest BCUT2D eigenvalue weighted by molar-refractivity contribution is -0.129. The number of aliphatic imine (C=N–C) groups is 1. The standard InChI is InChI=1S/C21H23FN4O4/c1-25-18(19(27)26-21(20(24)28)8-9-29-12-21)15-10-14(6-7-17(15)23)30-11-13-4-2-3-5-16(13)22/h2-7,10H,8-9,11-12,23H2,1H3,(H2,24,28)(H,26,27). The Morgan fingerprint density at radius 2 is 2.07 bits per heavy atom. The molecule has 8 nitrogen and oxygen atoms in total. The zero-order valence-corrected chi connectivity index (χ0v) is 16.5. The second kappa shape index (κ2) is 8.91. The highest BCUT2D eigenvalue weighted by atomic mass is 19.1. The highest BCUT2D eigenvalue weighted by molar-refractivity contribution is 6.46. The molecule has 5 N–H and O–H groups in total. The Kier molecular flexibility index (Phi) is 6.31. The van der Waals surface area contributed by atoms with Gasteiger partial charge in [-0.3, -0.25) is 14.6 Å². The maximum Gasteiger partial charge on any atom is 0.271 e. The van der Waals surface area contributed by atoms with E-state index in [-0.39, 0.29) is 31.2 Å². The number of nitrogen functional groups attached to an aromatic ring is 1. The van der Waals surface area contributed by atoms with Crippen molar-refractivity contribution in [3.63, 3.8) is 0 Å². The number of nitrogens with zero attached hydrogens (tertiary/aromatic N) is 1. The van der Waals surface area contributed by atoms with Gasteiger partial charge in [0, 0.05) is 36.9 Å². The van der Waals surface area contributed by atoms with E-state index in [9.17, 15) is 14.0 Å². The van der Waals surface area contributed by atoms with Crippen LogP contribution in [0.1, 0.15) is 17.5 Å². The van der Waals surface area contributed by atoms with E-state index >= 15 is 0 Å². The highest BCUT2D eigenvalue weighted by Crippen LogP contribution is 2.24. The average molecular weight is 414 g/mol. The maximum absolute atomic E-state index is 13.8. The van der Waals surface area contributed by atoms with E-state index in [4.69, 9.17) is 20.9 Å². The number of halogens is 1. The summed E-state index contributed by atoms with van der Waals surface area (Å²) in [6.07, 6.45) is 0.270. The number of primary amides is 1. The van der Waals surface area contributed by atoms with E-state index in [2.05, 4.69) is 10.3 Å². The maximum atomic E-state index is 13.8. The number of nitrogens with one attached hydrogen (secondary N) is 1. The molecule has 0 saturated carbocycles. The molecule has 0 spiro atoms. The van der Waals surface area contributed by atoms with Crippen molar-refractivity contribution in [1.29, 1.82) is 0 Å². The van der Waals surface area contributed by atoms with Crippen molar-refractivity contribution in [3.8, 4) is 5.75 Å². The summed E-state index contributed by atoms with van der Waals surface area (Å²) in [7, 11) is 1.43. The number of rotatable bonds is 7. The summed E-state index contributed by atoms with van der Waals surface area (Å²) < 4.78 is 24.7. The summed E-state index contributed by atoms with van der Waals surface area (Å²) in [6, 6.07) is 11.0. The van der Waals surface area contributed by atoms with Crippen LogP contribution in [-0.2, 0) is 20.9 Å². The minimum Gasteiger partial charge on any atom is -0.489 e. The Hall–Kier alpha value is -3.46. The molecule has 1 fully saturated rings. The first kappa shape index (κ1) is 21.3. The largest absolute Gasteiger partial charge is 0.489 e. The molecule has 9 heteroatoms. The number of nitrogens with two attached hydrogens (primary N) is 2. The van der Waals surface area contributed by atoms with Gasteiger partial charge in [-0.1, -0.05) is 18.2 Å². The number of hydrogen-bond donors (Lipinski definition) is 3. The number of anilines is 1. The second-order valence-corrected chi connectivity index (χ2v) is 6.90.